The van der Waals surface area contributed by atoms with Gasteiger partial charge in [0, 0.05) is 16.4 Å². The summed E-state index contributed by atoms with van der Waals surface area (Å²) in [5.41, 5.74) is -7.47. The van der Waals surface area contributed by atoms with Crippen molar-refractivity contribution >= 4 is 0 Å². The predicted octanol–water partition coefficient (Wildman–Crippen LogP) is 3.38. The van der Waals surface area contributed by atoms with Gasteiger partial charge >= 0.3 is 0 Å². The first-order chi connectivity index (χ1) is 12.3. The minimum Gasteiger partial charge on any atom is -0.135 e. The number of benzene rings is 1. The standard InChI is InChI=1S/C14H20NO/c1-6-10-7-8-11-12(9-10)14(4,5)15(16)13(11,2)3/h7-9H,6H2,1-5H3/i2D3,3D3,4D3,5D3,15+1. The maximum atomic E-state index is 13.5. The molecule has 0 saturated heterocycles. The van der Waals surface area contributed by atoms with E-state index in [1.54, 1.807) is 6.92 Å². The van der Waals surface area contributed by atoms with Gasteiger partial charge in [-0.1, -0.05) is 25.1 Å². The van der Waals surface area contributed by atoms with Crippen LogP contribution in [-0.2, 0) is 22.7 Å². The van der Waals surface area contributed by atoms with Gasteiger partial charge in [0.2, 0.25) is 0 Å². The van der Waals surface area contributed by atoms with Crippen LogP contribution in [0.25, 0.3) is 0 Å². The van der Waals surface area contributed by atoms with Crippen molar-refractivity contribution in [3.63, 3.8) is 0 Å². The first kappa shape index (κ1) is 3.82. The number of rotatable bonds is 1. The highest BCUT2D eigenvalue weighted by Gasteiger charge is 2.49. The van der Waals surface area contributed by atoms with E-state index in [2.05, 4.69) is 0 Å². The molecule has 0 aromatic heterocycles. The Morgan fingerprint density at radius 2 is 1.81 bits per heavy atom. The number of fused-ring (bicyclic) bond motifs is 1. The van der Waals surface area contributed by atoms with Crippen LogP contribution in [-0.4, -0.2) is 5.06 Å². The van der Waals surface area contributed by atoms with Gasteiger partial charge in [0.1, 0.15) is 0 Å². The Hall–Kier alpha value is -0.860. The van der Waals surface area contributed by atoms with Gasteiger partial charge in [-0.15, -0.1) is 10.3 Å². The molecule has 1 heterocycles. The van der Waals surface area contributed by atoms with Gasteiger partial charge < -0.3 is 0 Å². The van der Waals surface area contributed by atoms with E-state index in [0.29, 0.717) is 12.0 Å². The second kappa shape index (κ2) is 3.31. The topological polar surface area (TPSA) is 23.1 Å². The number of nitrogens with zero attached hydrogens (tertiary/aromatic N) is 1. The maximum Gasteiger partial charge on any atom is 0.0699 e. The van der Waals surface area contributed by atoms with Crippen LogP contribution in [0, 0.1) is 0 Å². The normalized spacial score (nSPS) is 36.4. The molecular formula is C14H20NO. The van der Waals surface area contributed by atoms with E-state index in [1.807, 2.05) is 0 Å². The minimum atomic E-state index is -3.54. The fraction of sp³-hybridized carbons (Fsp3) is 0.571. The lowest BCUT2D eigenvalue weighted by atomic mass is 9.89. The van der Waals surface area contributed by atoms with Crippen molar-refractivity contribution in [1.82, 2.24) is 5.06 Å². The Morgan fingerprint density at radius 1 is 1.19 bits per heavy atom. The first-order valence-corrected chi connectivity index (χ1v) is 4.93. The summed E-state index contributed by atoms with van der Waals surface area (Å²) in [6.45, 7) is -12.5. The monoisotopic (exact) mass is 231 g/mol. The smallest absolute Gasteiger partial charge is 0.0699 e. The summed E-state index contributed by atoms with van der Waals surface area (Å²) >= 11 is 0. The fourth-order valence-corrected chi connectivity index (χ4v) is 1.90. The van der Waals surface area contributed by atoms with Crippen LogP contribution in [0.4, 0.5) is 0 Å². The molecule has 0 saturated carbocycles. The first-order valence-electron chi connectivity index (χ1n) is 10.9. The van der Waals surface area contributed by atoms with Gasteiger partial charge in [0.25, 0.3) is 0 Å². The Labute approximate surface area is 115 Å². The van der Waals surface area contributed by atoms with E-state index in [1.165, 1.54) is 6.07 Å². The molecule has 16 heavy (non-hydrogen) atoms. The van der Waals surface area contributed by atoms with Gasteiger partial charge in [-0.2, -0.15) is 0 Å². The van der Waals surface area contributed by atoms with Gasteiger partial charge in [0.15, 0.2) is 0 Å². The van der Waals surface area contributed by atoms with Crippen LogP contribution in [0.1, 0.15) is 67.5 Å². The number of hydrogen-bond donors (Lipinski definition) is 0. The zero-order valence-electron chi connectivity index (χ0n) is 20.8. The molecule has 0 amide bonds. The third-order valence-electron chi connectivity index (χ3n) is 2.88. The van der Waals surface area contributed by atoms with Crippen LogP contribution in [0.2, 0.25) is 0 Å². The largest absolute Gasteiger partial charge is 0.135 e. The van der Waals surface area contributed by atoms with Gasteiger partial charge in [-0.05, 0) is 50.5 Å². The van der Waals surface area contributed by atoms with Gasteiger partial charge in [0.05, 0.1) is 11.1 Å². The van der Waals surface area contributed by atoms with Crippen molar-refractivity contribution in [2.75, 3.05) is 0 Å². The molecule has 0 unspecified atom stereocenters. The van der Waals surface area contributed by atoms with Crippen molar-refractivity contribution in [2.24, 2.45) is 0 Å². The molecule has 1 aromatic rings. The predicted molar refractivity (Wildman–Crippen MR) is 64.4 cm³/mol. The molecule has 1 aliphatic heterocycles. The molecule has 0 bridgehead atoms. The molecule has 0 spiro atoms. The summed E-state index contributed by atoms with van der Waals surface area (Å²) in [6.07, 6.45) is 0.332. The third-order valence-corrected chi connectivity index (χ3v) is 2.88. The summed E-state index contributed by atoms with van der Waals surface area (Å²) in [7, 11) is 0. The molecule has 2 heteroatoms. The van der Waals surface area contributed by atoms with E-state index >= 15 is 0 Å². The SMILES string of the molecule is [2H]C([2H])([2H])C1(C([2H])([2H])[2H])c2ccc(CC)cc2C(C([2H])([2H])[2H])(C([2H])([2H])[2H])[15N]1[O]. The van der Waals surface area contributed by atoms with Crippen molar-refractivity contribution in [2.45, 2.75) is 51.8 Å². The van der Waals surface area contributed by atoms with Crippen LogP contribution < -0.4 is 0 Å². The Bertz CT molecular complexity index is 730. The molecule has 1 aromatic carbocycles. The fourth-order valence-electron chi connectivity index (χ4n) is 1.90. The third kappa shape index (κ3) is 1.33. The maximum absolute atomic E-state index is 13.5. The van der Waals surface area contributed by atoms with Crippen molar-refractivity contribution in [3.05, 3.63) is 34.9 Å². The number of aryl methyl sites for hydroxylation is 1. The molecule has 0 atom stereocenters. The molecule has 0 aliphatic carbocycles. The van der Waals surface area contributed by atoms with E-state index in [9.17, 15) is 5.21 Å². The van der Waals surface area contributed by atoms with E-state index in [0.717, 1.165) is 12.1 Å². The van der Waals surface area contributed by atoms with Crippen LogP contribution in [0.3, 0.4) is 0 Å². The summed E-state index contributed by atoms with van der Waals surface area (Å²) < 4.78 is 94.3. The Balaban J connectivity index is 3.19. The highest BCUT2D eigenvalue weighted by atomic mass is 16.8. The van der Waals surface area contributed by atoms with Crippen LogP contribution in [0.15, 0.2) is 18.2 Å². The van der Waals surface area contributed by atoms with Gasteiger partial charge in [-0.25, -0.2) is 0 Å². The quantitative estimate of drug-likeness (QED) is 0.680. The number of hydrogen-bond acceptors (Lipinski definition) is 1. The summed E-state index contributed by atoms with van der Waals surface area (Å²) in [4.78, 5) is 0. The summed E-state index contributed by atoms with van der Waals surface area (Å²) in [5.74, 6) is 0. The molecule has 87 valence electrons. The van der Waals surface area contributed by atoms with Gasteiger partial charge in [-0.3, -0.25) is 0 Å². The lowest BCUT2D eigenvalue weighted by molar-refractivity contribution is -0.266. The number of hydroxylamine groups is 2. The highest BCUT2D eigenvalue weighted by Crippen LogP contribution is 2.48. The van der Waals surface area contributed by atoms with Crippen LogP contribution in [0.5, 0.6) is 0 Å². The van der Waals surface area contributed by atoms with E-state index < -0.39 is 54.7 Å². The zero-order valence-corrected chi connectivity index (χ0v) is 8.79. The zero-order chi connectivity index (χ0) is 22.1. The molecular weight excluding hydrogens is 199 g/mol. The molecule has 1 aliphatic rings. The molecule has 0 N–H and O–H groups in total. The average Bonchev–Trinajstić information content (AvgIpc) is 2.70. The van der Waals surface area contributed by atoms with Crippen molar-refractivity contribution in [3.8, 4) is 0 Å². The summed E-state index contributed by atoms with van der Waals surface area (Å²) in [5, 5.41) is 12.8. The minimum absolute atomic E-state index is 0.332. The Kier molecular flexibility index (Phi) is 0.792. The van der Waals surface area contributed by atoms with Crippen molar-refractivity contribution < 1.29 is 21.7 Å². The summed E-state index contributed by atoms with van der Waals surface area (Å²) in [6, 6.07) is 3.54. The highest BCUT2D eigenvalue weighted by molar-refractivity contribution is 5.44. The average molecular weight is 231 g/mol. The molecule has 1 radical (unpaired) electrons. The molecule has 2 nitrogen and oxygen atoms in total. The lowest BCUT2D eigenvalue weighted by Crippen LogP contribution is -2.41. The van der Waals surface area contributed by atoms with Crippen LogP contribution >= 0.6 is 0 Å². The second-order valence-electron chi connectivity index (χ2n) is 3.95. The van der Waals surface area contributed by atoms with Crippen molar-refractivity contribution in [1.29, 1.82) is 0 Å². The van der Waals surface area contributed by atoms with E-state index in [4.69, 9.17) is 16.4 Å². The lowest BCUT2D eigenvalue weighted by Gasteiger charge is -2.32. The second-order valence-corrected chi connectivity index (χ2v) is 3.95. The molecule has 2 rings (SSSR count). The van der Waals surface area contributed by atoms with E-state index in [-0.39, 0.29) is 0 Å². The Morgan fingerprint density at radius 3 is 2.38 bits per heavy atom. The molecule has 0 fully saturated rings.